The minimum atomic E-state index is -3.91. The number of hydrogen-bond acceptors (Lipinski definition) is 6. The molecule has 33 heavy (non-hydrogen) atoms. The molecule has 0 aliphatic rings. The lowest BCUT2D eigenvalue weighted by atomic mass is 9.98. The number of halogens is 1. The van der Waals surface area contributed by atoms with Gasteiger partial charge >= 0.3 is 11.7 Å². The van der Waals surface area contributed by atoms with Crippen molar-refractivity contribution in [1.29, 1.82) is 0 Å². The van der Waals surface area contributed by atoms with Crippen molar-refractivity contribution in [2.75, 3.05) is 25.9 Å². The first-order valence-electron chi connectivity index (χ1n) is 9.88. The summed E-state index contributed by atoms with van der Waals surface area (Å²) in [5, 5.41) is 0.610. The van der Waals surface area contributed by atoms with Crippen LogP contribution < -0.4 is 19.8 Å². The largest absolute Gasteiger partial charge is 0.422 e. The molecule has 9 nitrogen and oxygen atoms in total. The second-order valence-electron chi connectivity index (χ2n) is 7.63. The molecule has 0 fully saturated rings. The fourth-order valence-electron chi connectivity index (χ4n) is 3.21. The Morgan fingerprint density at radius 1 is 1.21 bits per heavy atom. The highest BCUT2D eigenvalue weighted by Crippen LogP contribution is 2.30. The zero-order valence-corrected chi connectivity index (χ0v) is 19.6. The van der Waals surface area contributed by atoms with E-state index in [1.807, 2.05) is 4.72 Å². The number of hydrogen-bond donors (Lipinski definition) is 2. The summed E-state index contributed by atoms with van der Waals surface area (Å²) in [7, 11) is 0.382. The molecule has 2 N–H and O–H groups in total. The number of aryl methyl sites for hydroxylation is 2. The number of carbonyl (C=O) groups is 1. The van der Waals surface area contributed by atoms with Crippen molar-refractivity contribution in [1.82, 2.24) is 9.62 Å². The molecule has 1 aromatic heterocycles. The molecular weight excluding hydrogens is 453 g/mol. The predicted molar refractivity (Wildman–Crippen MR) is 122 cm³/mol. The van der Waals surface area contributed by atoms with E-state index in [9.17, 15) is 22.4 Å². The summed E-state index contributed by atoms with van der Waals surface area (Å²) >= 11 is 0. The van der Waals surface area contributed by atoms with E-state index in [0.717, 1.165) is 0 Å². The third-order valence-electron chi connectivity index (χ3n) is 5.10. The van der Waals surface area contributed by atoms with Crippen LogP contribution in [0.5, 0.6) is 5.75 Å². The van der Waals surface area contributed by atoms with E-state index < -0.39 is 27.7 Å². The van der Waals surface area contributed by atoms with Gasteiger partial charge in [-0.3, -0.25) is 4.72 Å². The van der Waals surface area contributed by atoms with Gasteiger partial charge in [-0.05, 0) is 42.7 Å². The fraction of sp³-hybridized carbons (Fsp3) is 0.273. The molecule has 0 unspecified atom stereocenters. The van der Waals surface area contributed by atoms with E-state index in [1.54, 1.807) is 34.0 Å². The van der Waals surface area contributed by atoms with Crippen LogP contribution in [0.1, 0.15) is 22.3 Å². The molecule has 0 aliphatic heterocycles. The molecule has 0 aliphatic carbocycles. The average Bonchev–Trinajstić information content (AvgIpc) is 2.74. The van der Waals surface area contributed by atoms with Crippen molar-refractivity contribution >= 4 is 33.0 Å². The van der Waals surface area contributed by atoms with Gasteiger partial charge in [0, 0.05) is 44.6 Å². The molecule has 3 aromatic rings. The number of anilines is 1. The van der Waals surface area contributed by atoms with Crippen molar-refractivity contribution < 1.29 is 26.8 Å². The second kappa shape index (κ2) is 9.20. The smallest absolute Gasteiger partial charge is 0.414 e. The summed E-state index contributed by atoms with van der Waals surface area (Å²) in [6, 6.07) is 7.43. The van der Waals surface area contributed by atoms with Crippen LogP contribution in [0, 0.1) is 19.7 Å². The first kappa shape index (κ1) is 24.2. The van der Waals surface area contributed by atoms with E-state index in [1.165, 1.54) is 36.2 Å². The number of carbonyl (C=O) groups excluding carboxylic acids is 1. The highest BCUT2D eigenvalue weighted by atomic mass is 32.2. The minimum absolute atomic E-state index is 0.110. The molecule has 0 atom stereocenters. The normalized spacial score (nSPS) is 11.5. The highest BCUT2D eigenvalue weighted by Gasteiger charge is 2.19. The Kier molecular flexibility index (Phi) is 6.75. The van der Waals surface area contributed by atoms with Gasteiger partial charge in [0.1, 0.15) is 11.3 Å². The number of benzene rings is 2. The summed E-state index contributed by atoms with van der Waals surface area (Å²) in [6.45, 7) is 3.46. The molecule has 0 spiro atoms. The molecular formula is C22H24FN3O6S. The van der Waals surface area contributed by atoms with E-state index >= 15 is 0 Å². The van der Waals surface area contributed by atoms with Gasteiger partial charge in [0.15, 0.2) is 5.82 Å². The molecule has 176 valence electrons. The minimum Gasteiger partial charge on any atom is -0.422 e. The molecule has 0 saturated carbocycles. The first-order chi connectivity index (χ1) is 15.4. The second-order valence-corrected chi connectivity index (χ2v) is 9.25. The Hall–Kier alpha value is -3.44. The van der Waals surface area contributed by atoms with Crippen LogP contribution in [0.25, 0.3) is 11.0 Å². The van der Waals surface area contributed by atoms with Crippen LogP contribution >= 0.6 is 0 Å². The lowest BCUT2D eigenvalue weighted by Gasteiger charge is -2.15. The van der Waals surface area contributed by atoms with Crippen molar-refractivity contribution in [2.24, 2.45) is 0 Å². The molecule has 2 aromatic carbocycles. The predicted octanol–water partition coefficient (Wildman–Crippen LogP) is 3.08. The van der Waals surface area contributed by atoms with Gasteiger partial charge in [-0.15, -0.1) is 0 Å². The topological polar surface area (TPSA) is 118 Å². The zero-order chi connectivity index (χ0) is 24.5. The number of ether oxygens (including phenoxy) is 1. The summed E-state index contributed by atoms with van der Waals surface area (Å²) in [4.78, 5) is 25.9. The zero-order valence-electron chi connectivity index (χ0n) is 18.8. The highest BCUT2D eigenvalue weighted by molar-refractivity contribution is 7.90. The molecule has 0 radical (unpaired) electrons. The number of nitrogens with zero attached hydrogens (tertiary/aromatic N) is 1. The van der Waals surface area contributed by atoms with Gasteiger partial charge < -0.3 is 14.1 Å². The van der Waals surface area contributed by atoms with Crippen molar-refractivity contribution in [3.8, 4) is 5.75 Å². The van der Waals surface area contributed by atoms with Crippen molar-refractivity contribution in [3.63, 3.8) is 0 Å². The van der Waals surface area contributed by atoms with E-state index in [2.05, 4.69) is 4.72 Å². The monoisotopic (exact) mass is 477 g/mol. The van der Waals surface area contributed by atoms with E-state index in [-0.39, 0.29) is 34.6 Å². The number of amides is 1. The Labute approximate surface area is 190 Å². The van der Waals surface area contributed by atoms with Crippen LogP contribution in [0.2, 0.25) is 0 Å². The molecule has 1 heterocycles. The maximum atomic E-state index is 15.0. The van der Waals surface area contributed by atoms with Crippen LogP contribution in [-0.4, -0.2) is 40.6 Å². The fourth-order valence-corrected chi connectivity index (χ4v) is 3.75. The molecule has 3 rings (SSSR count). The maximum Gasteiger partial charge on any atom is 0.414 e. The summed E-state index contributed by atoms with van der Waals surface area (Å²) < 4.78 is 53.3. The van der Waals surface area contributed by atoms with Gasteiger partial charge in [-0.25, -0.2) is 18.7 Å². The van der Waals surface area contributed by atoms with Crippen LogP contribution in [0.15, 0.2) is 39.5 Å². The van der Waals surface area contributed by atoms with E-state index in [0.29, 0.717) is 16.5 Å². The van der Waals surface area contributed by atoms with E-state index in [4.69, 9.17) is 9.15 Å². The van der Waals surface area contributed by atoms with Crippen LogP contribution in [0.3, 0.4) is 0 Å². The Balaban J connectivity index is 2.03. The SMILES string of the molecule is CNS(=O)(=O)Nc1cccc(Cc2c(C)c3cc(C)c(OC(=O)N(C)C)cc3oc2=O)c1F. The van der Waals surface area contributed by atoms with Crippen LogP contribution in [-0.2, 0) is 16.6 Å². The summed E-state index contributed by atoms with van der Waals surface area (Å²) in [5.41, 5.74) is 0.888. The van der Waals surface area contributed by atoms with Crippen molar-refractivity contribution in [3.05, 3.63) is 68.8 Å². The Bertz CT molecular complexity index is 1400. The first-order valence-corrected chi connectivity index (χ1v) is 11.4. The van der Waals surface area contributed by atoms with Gasteiger partial charge in [0.05, 0.1) is 5.69 Å². The molecule has 0 bridgehead atoms. The Morgan fingerprint density at radius 2 is 1.91 bits per heavy atom. The molecule has 1 amide bonds. The number of fused-ring (bicyclic) bond motifs is 1. The molecule has 11 heteroatoms. The number of rotatable bonds is 6. The number of nitrogens with one attached hydrogen (secondary N) is 2. The summed E-state index contributed by atoms with van der Waals surface area (Å²) in [6.07, 6.45) is -0.682. The van der Waals surface area contributed by atoms with Gasteiger partial charge in [0.2, 0.25) is 0 Å². The third kappa shape index (κ3) is 5.15. The average molecular weight is 478 g/mol. The van der Waals surface area contributed by atoms with Gasteiger partial charge in [-0.2, -0.15) is 8.42 Å². The van der Waals surface area contributed by atoms with Crippen LogP contribution in [0.4, 0.5) is 14.9 Å². The van der Waals surface area contributed by atoms with Gasteiger partial charge in [0.25, 0.3) is 10.2 Å². The maximum absolute atomic E-state index is 15.0. The third-order valence-corrected chi connectivity index (χ3v) is 6.13. The van der Waals surface area contributed by atoms with Crippen molar-refractivity contribution in [2.45, 2.75) is 20.3 Å². The standard InChI is InChI=1S/C22H24FN3O6S/c1-12-9-15-13(2)16(21(27)31-19(15)11-18(12)32-22(28)26(4)5)10-14-7-6-8-17(20(14)23)25-33(29,30)24-3/h6-9,11,24-25H,10H2,1-5H3. The summed E-state index contributed by atoms with van der Waals surface area (Å²) in [5.74, 6) is -0.538. The quantitative estimate of drug-likeness (QED) is 0.527. The lowest BCUT2D eigenvalue weighted by molar-refractivity contribution is 0.171. The molecule has 0 saturated heterocycles. The van der Waals surface area contributed by atoms with Gasteiger partial charge in [-0.1, -0.05) is 12.1 Å². The Morgan fingerprint density at radius 3 is 2.55 bits per heavy atom. The lowest BCUT2D eigenvalue weighted by Crippen LogP contribution is -2.27.